The Morgan fingerprint density at radius 1 is 1.24 bits per heavy atom. The fourth-order valence-corrected chi connectivity index (χ4v) is 1.92. The highest BCUT2D eigenvalue weighted by atomic mass is 32.1. The highest BCUT2D eigenvalue weighted by Crippen LogP contribution is 2.09. The van der Waals surface area contributed by atoms with Crippen molar-refractivity contribution in [2.75, 3.05) is 5.73 Å². The molecule has 0 aliphatic heterocycles. The SMILES string of the molecule is Cc1ccccc1CCc1nc(=S)nc(N)[nH]1. The van der Waals surface area contributed by atoms with Crippen LogP contribution in [0.5, 0.6) is 0 Å². The van der Waals surface area contributed by atoms with E-state index in [0.29, 0.717) is 10.7 Å². The molecule has 0 saturated carbocycles. The highest BCUT2D eigenvalue weighted by Gasteiger charge is 2.01. The molecule has 1 aromatic heterocycles. The van der Waals surface area contributed by atoms with Crippen molar-refractivity contribution in [3.05, 3.63) is 46.0 Å². The van der Waals surface area contributed by atoms with Gasteiger partial charge in [-0.05, 0) is 36.7 Å². The maximum absolute atomic E-state index is 5.58. The molecule has 5 heteroatoms. The summed E-state index contributed by atoms with van der Waals surface area (Å²) in [7, 11) is 0. The van der Waals surface area contributed by atoms with Crippen LogP contribution in [0.4, 0.5) is 5.95 Å². The number of anilines is 1. The molecule has 0 atom stereocenters. The van der Waals surface area contributed by atoms with Gasteiger partial charge in [-0.25, -0.2) is 4.98 Å². The summed E-state index contributed by atoms with van der Waals surface area (Å²) in [6, 6.07) is 8.30. The number of rotatable bonds is 3. The van der Waals surface area contributed by atoms with E-state index in [4.69, 9.17) is 18.0 Å². The third-order valence-electron chi connectivity index (χ3n) is 2.61. The van der Waals surface area contributed by atoms with Gasteiger partial charge < -0.3 is 10.7 Å². The molecule has 0 saturated heterocycles. The normalized spacial score (nSPS) is 10.4. The Kier molecular flexibility index (Phi) is 3.49. The van der Waals surface area contributed by atoms with Gasteiger partial charge in [0.15, 0.2) is 0 Å². The summed E-state index contributed by atoms with van der Waals surface area (Å²) in [6.07, 6.45) is 1.69. The zero-order valence-electron chi connectivity index (χ0n) is 9.60. The molecule has 2 rings (SSSR count). The molecule has 17 heavy (non-hydrogen) atoms. The van der Waals surface area contributed by atoms with E-state index in [0.717, 1.165) is 18.7 Å². The van der Waals surface area contributed by atoms with Gasteiger partial charge in [0.25, 0.3) is 0 Å². The van der Waals surface area contributed by atoms with E-state index >= 15 is 0 Å². The number of aromatic nitrogens is 3. The third kappa shape index (κ3) is 3.10. The van der Waals surface area contributed by atoms with Gasteiger partial charge in [-0.15, -0.1) is 0 Å². The second-order valence-electron chi connectivity index (χ2n) is 3.89. The van der Waals surface area contributed by atoms with Crippen LogP contribution in [0.2, 0.25) is 0 Å². The molecule has 0 spiro atoms. The van der Waals surface area contributed by atoms with Crippen LogP contribution in [-0.2, 0) is 12.8 Å². The Balaban J connectivity index is 2.13. The molecule has 0 unspecified atom stereocenters. The van der Waals surface area contributed by atoms with E-state index in [1.165, 1.54) is 11.1 Å². The van der Waals surface area contributed by atoms with Crippen LogP contribution in [0.15, 0.2) is 24.3 Å². The Hall–Kier alpha value is -1.75. The lowest BCUT2D eigenvalue weighted by Gasteiger charge is -2.05. The first-order valence-corrected chi connectivity index (χ1v) is 5.83. The third-order valence-corrected chi connectivity index (χ3v) is 2.79. The summed E-state index contributed by atoms with van der Waals surface area (Å²) in [5.74, 6) is 1.11. The van der Waals surface area contributed by atoms with E-state index in [1.54, 1.807) is 0 Å². The van der Waals surface area contributed by atoms with Crippen molar-refractivity contribution in [3.8, 4) is 0 Å². The van der Waals surface area contributed by atoms with Gasteiger partial charge in [0.1, 0.15) is 5.82 Å². The standard InChI is InChI=1S/C12H14N4S/c1-8-4-2-3-5-9(8)6-7-10-14-11(13)16-12(17)15-10/h2-5H,6-7H2,1H3,(H3,13,14,15,16,17). The molecule has 2 aromatic rings. The van der Waals surface area contributed by atoms with Gasteiger partial charge in [-0.2, -0.15) is 4.98 Å². The monoisotopic (exact) mass is 246 g/mol. The second kappa shape index (κ2) is 5.05. The Morgan fingerprint density at radius 3 is 2.71 bits per heavy atom. The number of hydrogen-bond donors (Lipinski definition) is 2. The number of nitrogens with two attached hydrogens (primary N) is 1. The van der Waals surface area contributed by atoms with E-state index < -0.39 is 0 Å². The Labute approximate surface area is 105 Å². The molecule has 4 nitrogen and oxygen atoms in total. The second-order valence-corrected chi connectivity index (χ2v) is 4.25. The van der Waals surface area contributed by atoms with E-state index in [9.17, 15) is 0 Å². The molecule has 88 valence electrons. The number of nitrogens with zero attached hydrogens (tertiary/aromatic N) is 2. The number of nitrogens with one attached hydrogen (secondary N) is 1. The first kappa shape index (κ1) is 11.7. The van der Waals surface area contributed by atoms with Crippen LogP contribution in [0, 0.1) is 11.7 Å². The van der Waals surface area contributed by atoms with Crippen LogP contribution >= 0.6 is 12.2 Å². The van der Waals surface area contributed by atoms with E-state index in [1.807, 2.05) is 12.1 Å². The van der Waals surface area contributed by atoms with Crippen molar-refractivity contribution >= 4 is 18.2 Å². The lowest BCUT2D eigenvalue weighted by atomic mass is 10.0. The van der Waals surface area contributed by atoms with E-state index in [2.05, 4.69) is 34.0 Å². The smallest absolute Gasteiger partial charge is 0.224 e. The molecular formula is C12H14N4S. The van der Waals surface area contributed by atoms with Crippen molar-refractivity contribution in [1.29, 1.82) is 0 Å². The maximum atomic E-state index is 5.58. The van der Waals surface area contributed by atoms with Crippen LogP contribution in [0.1, 0.15) is 17.0 Å². The largest absolute Gasteiger partial charge is 0.369 e. The zero-order valence-corrected chi connectivity index (χ0v) is 10.4. The van der Waals surface area contributed by atoms with Crippen LogP contribution < -0.4 is 5.73 Å². The van der Waals surface area contributed by atoms with Crippen molar-refractivity contribution in [2.24, 2.45) is 0 Å². The van der Waals surface area contributed by atoms with Crippen LogP contribution in [-0.4, -0.2) is 15.0 Å². The molecule has 0 fully saturated rings. The van der Waals surface area contributed by atoms with Crippen molar-refractivity contribution in [2.45, 2.75) is 19.8 Å². The van der Waals surface area contributed by atoms with E-state index in [-0.39, 0.29) is 0 Å². The predicted molar refractivity (Wildman–Crippen MR) is 70.2 cm³/mol. The molecule has 0 amide bonds. The highest BCUT2D eigenvalue weighted by molar-refractivity contribution is 7.71. The molecule has 3 N–H and O–H groups in total. The Morgan fingerprint density at radius 2 is 2.00 bits per heavy atom. The average molecular weight is 246 g/mol. The van der Waals surface area contributed by atoms with Gasteiger partial charge in [0, 0.05) is 6.42 Å². The van der Waals surface area contributed by atoms with Gasteiger partial charge in [-0.1, -0.05) is 24.3 Å². The summed E-state index contributed by atoms with van der Waals surface area (Å²) in [4.78, 5) is 10.9. The Bertz CT molecular complexity index is 577. The zero-order chi connectivity index (χ0) is 12.3. The maximum Gasteiger partial charge on any atom is 0.224 e. The number of benzene rings is 1. The first-order valence-electron chi connectivity index (χ1n) is 5.42. The number of H-pyrrole nitrogens is 1. The lowest BCUT2D eigenvalue weighted by molar-refractivity contribution is 0.831. The van der Waals surface area contributed by atoms with Crippen molar-refractivity contribution in [1.82, 2.24) is 15.0 Å². The quantitative estimate of drug-likeness (QED) is 0.815. The van der Waals surface area contributed by atoms with Gasteiger partial charge >= 0.3 is 0 Å². The van der Waals surface area contributed by atoms with Crippen molar-refractivity contribution in [3.63, 3.8) is 0 Å². The van der Waals surface area contributed by atoms with Crippen LogP contribution in [0.25, 0.3) is 0 Å². The molecule has 0 aliphatic rings. The molecule has 0 bridgehead atoms. The predicted octanol–water partition coefficient (Wildman–Crippen LogP) is 2.21. The number of hydrogen-bond acceptors (Lipinski definition) is 4. The summed E-state index contributed by atoms with van der Waals surface area (Å²) in [5, 5.41) is 0. The van der Waals surface area contributed by atoms with Crippen molar-refractivity contribution < 1.29 is 0 Å². The number of aryl methyl sites for hydroxylation is 3. The summed E-state index contributed by atoms with van der Waals surface area (Å²) in [5.41, 5.74) is 8.18. The summed E-state index contributed by atoms with van der Waals surface area (Å²) < 4.78 is 0.293. The minimum Gasteiger partial charge on any atom is -0.369 e. The minimum absolute atomic E-state index is 0.293. The molecule has 1 heterocycles. The fourth-order valence-electron chi connectivity index (χ4n) is 1.71. The van der Waals surface area contributed by atoms with Gasteiger partial charge in [-0.3, -0.25) is 0 Å². The molecule has 0 aliphatic carbocycles. The summed E-state index contributed by atoms with van der Waals surface area (Å²) in [6.45, 7) is 2.10. The molecule has 0 radical (unpaired) electrons. The fraction of sp³-hybridized carbons (Fsp3) is 0.250. The molecular weight excluding hydrogens is 232 g/mol. The minimum atomic E-state index is 0.293. The number of nitrogen functional groups attached to an aromatic ring is 1. The van der Waals surface area contributed by atoms with Gasteiger partial charge in [0.05, 0.1) is 0 Å². The molecule has 1 aromatic carbocycles. The summed E-state index contributed by atoms with van der Waals surface area (Å²) >= 11 is 4.92. The van der Waals surface area contributed by atoms with Gasteiger partial charge in [0.2, 0.25) is 10.7 Å². The first-order chi connectivity index (χ1) is 8.15. The average Bonchev–Trinajstić information content (AvgIpc) is 2.27. The number of aromatic amines is 1. The lowest BCUT2D eigenvalue weighted by Crippen LogP contribution is -2.04. The topological polar surface area (TPSA) is 67.6 Å². The van der Waals surface area contributed by atoms with Crippen LogP contribution in [0.3, 0.4) is 0 Å².